The molecule has 3 N–H and O–H groups in total. The van der Waals surface area contributed by atoms with Crippen molar-refractivity contribution in [3.63, 3.8) is 0 Å². The first-order valence-corrected chi connectivity index (χ1v) is 14.8. The monoisotopic (exact) mass is 574 g/mol. The van der Waals surface area contributed by atoms with Crippen LogP contribution in [0.5, 0.6) is 0 Å². The number of anilines is 3. The second kappa shape index (κ2) is 12.8. The fourth-order valence-corrected chi connectivity index (χ4v) is 5.44. The molecule has 3 heterocycles. The van der Waals surface area contributed by atoms with E-state index in [1.165, 1.54) is 12.1 Å². The number of carbonyl (C=O) groups is 1. The molecule has 1 fully saturated rings. The first kappa shape index (κ1) is 29.6. The number of amides is 1. The van der Waals surface area contributed by atoms with Gasteiger partial charge in [0.05, 0.1) is 11.2 Å². The summed E-state index contributed by atoms with van der Waals surface area (Å²) in [6, 6.07) is 8.21. The number of hydrogen-bond donors (Lipinski definition) is 3. The van der Waals surface area contributed by atoms with Gasteiger partial charge < -0.3 is 29.4 Å². The van der Waals surface area contributed by atoms with Crippen molar-refractivity contribution in [1.82, 2.24) is 20.0 Å². The first-order valence-electron chi connectivity index (χ1n) is 13.4. The Labute approximate surface area is 234 Å². The quantitative estimate of drug-likeness (QED) is 0.287. The third-order valence-corrected chi connectivity index (χ3v) is 7.85. The highest BCUT2D eigenvalue weighted by Gasteiger charge is 2.25. The predicted molar refractivity (Wildman–Crippen MR) is 152 cm³/mol. The number of alkyl carbamates (subject to hydrolysis) is 1. The fourth-order valence-electron chi connectivity index (χ4n) is 4.36. The molecule has 1 saturated heterocycles. The van der Waals surface area contributed by atoms with Crippen molar-refractivity contribution in [2.45, 2.75) is 50.5 Å². The largest absolute Gasteiger partial charge is 0.459 e. The topological polar surface area (TPSA) is 148 Å². The van der Waals surface area contributed by atoms with Crippen LogP contribution in [0, 0.1) is 5.92 Å². The van der Waals surface area contributed by atoms with E-state index < -0.39 is 21.7 Å². The first-order chi connectivity index (χ1) is 19.0. The van der Waals surface area contributed by atoms with Crippen LogP contribution in [0.2, 0.25) is 0 Å². The van der Waals surface area contributed by atoms with Crippen LogP contribution < -0.4 is 20.3 Å². The van der Waals surface area contributed by atoms with Crippen LogP contribution in [-0.4, -0.2) is 70.0 Å². The van der Waals surface area contributed by atoms with Crippen molar-refractivity contribution >= 4 is 44.7 Å². The maximum Gasteiger partial charge on any atom is 0.407 e. The van der Waals surface area contributed by atoms with Crippen molar-refractivity contribution in [1.29, 1.82) is 0 Å². The molecule has 40 heavy (non-hydrogen) atoms. The van der Waals surface area contributed by atoms with Crippen LogP contribution in [-0.2, 0) is 19.5 Å². The second-order valence-corrected chi connectivity index (χ2v) is 12.5. The number of nitrogens with zero attached hydrogens (tertiary/aromatic N) is 3. The van der Waals surface area contributed by atoms with E-state index in [1.807, 2.05) is 20.8 Å². The Balaban J connectivity index is 1.39. The number of fused-ring (bicyclic) bond motifs is 1. The normalized spacial score (nSPS) is 14.8. The summed E-state index contributed by atoms with van der Waals surface area (Å²) < 4.78 is 43.6. The molecule has 0 bridgehead atoms. The zero-order valence-electron chi connectivity index (χ0n) is 23.4. The average molecular weight is 575 g/mol. The second-order valence-electron chi connectivity index (χ2n) is 10.7. The van der Waals surface area contributed by atoms with Crippen molar-refractivity contribution in [3.05, 3.63) is 36.6 Å². The number of aromatic nitrogens is 2. The number of ether oxygens (including phenoxy) is 2. The van der Waals surface area contributed by atoms with Gasteiger partial charge in [0.25, 0.3) is 0 Å². The van der Waals surface area contributed by atoms with Gasteiger partial charge in [-0.3, -0.25) is 0 Å². The molecular weight excluding hydrogens is 536 g/mol. The number of rotatable bonds is 11. The van der Waals surface area contributed by atoms with E-state index in [-0.39, 0.29) is 4.90 Å². The van der Waals surface area contributed by atoms with Gasteiger partial charge in [-0.25, -0.2) is 22.9 Å². The summed E-state index contributed by atoms with van der Waals surface area (Å²) in [6.45, 7) is 8.36. The Bertz CT molecular complexity index is 1380. The Morgan fingerprint density at radius 3 is 2.52 bits per heavy atom. The number of sulfonamides is 1. The lowest BCUT2D eigenvalue weighted by Gasteiger charge is -2.33. The van der Waals surface area contributed by atoms with E-state index in [0.717, 1.165) is 25.9 Å². The highest BCUT2D eigenvalue weighted by Crippen LogP contribution is 2.30. The number of piperidine rings is 1. The molecule has 0 aliphatic carbocycles. The van der Waals surface area contributed by atoms with Crippen molar-refractivity contribution in [2.75, 3.05) is 50.1 Å². The van der Waals surface area contributed by atoms with Crippen LogP contribution in [0.1, 0.15) is 40.0 Å². The summed E-state index contributed by atoms with van der Waals surface area (Å²) in [5.41, 5.74) is 1.40. The third-order valence-electron chi connectivity index (χ3n) is 6.37. The Morgan fingerprint density at radius 1 is 1.12 bits per heavy atom. The van der Waals surface area contributed by atoms with E-state index >= 15 is 0 Å². The smallest absolute Gasteiger partial charge is 0.407 e. The third kappa shape index (κ3) is 8.05. The van der Waals surface area contributed by atoms with Crippen LogP contribution in [0.25, 0.3) is 11.1 Å². The van der Waals surface area contributed by atoms with Crippen molar-refractivity contribution < 1.29 is 27.1 Å². The summed E-state index contributed by atoms with van der Waals surface area (Å²) in [4.78, 5) is 23.6. The Hall–Kier alpha value is -3.42. The molecule has 2 aromatic heterocycles. The van der Waals surface area contributed by atoms with Gasteiger partial charge in [0.15, 0.2) is 11.4 Å². The standard InChI is InChI=1S/C27H38N6O6S/c1-27(2,3)39-26(34)28-18-19-10-14-33(15-11-19)24-23-22(12-17-38-23)31-25(32-24)30-20-6-8-21(9-7-20)40(35,36)29-13-5-16-37-4/h6-9,12,17,19,29H,5,10-11,13-16,18H2,1-4H3,(H,28,34)(H,30,31,32). The SMILES string of the molecule is COCCCNS(=O)(=O)c1ccc(Nc2nc(N3CCC(CNC(=O)OC(C)(C)C)CC3)c3occc3n2)cc1. The molecule has 12 nitrogen and oxygen atoms in total. The molecule has 1 aromatic carbocycles. The van der Waals surface area contributed by atoms with Gasteiger partial charge in [0.2, 0.25) is 16.0 Å². The molecule has 3 aromatic rings. The van der Waals surface area contributed by atoms with E-state index in [1.54, 1.807) is 31.6 Å². The molecule has 13 heteroatoms. The Kier molecular flexibility index (Phi) is 9.48. The molecule has 4 rings (SSSR count). The summed E-state index contributed by atoms with van der Waals surface area (Å²) in [5.74, 6) is 1.40. The lowest BCUT2D eigenvalue weighted by Crippen LogP contribution is -2.40. The highest BCUT2D eigenvalue weighted by molar-refractivity contribution is 7.89. The number of carbonyl (C=O) groups excluding carboxylic acids is 1. The van der Waals surface area contributed by atoms with Gasteiger partial charge in [0, 0.05) is 51.6 Å². The number of furan rings is 1. The molecule has 1 amide bonds. The average Bonchev–Trinajstić information content (AvgIpc) is 3.38. The fraction of sp³-hybridized carbons (Fsp3) is 0.519. The molecule has 0 atom stereocenters. The summed E-state index contributed by atoms with van der Waals surface area (Å²) in [5, 5.41) is 6.05. The minimum absolute atomic E-state index is 0.173. The Morgan fingerprint density at radius 2 is 1.85 bits per heavy atom. The number of methoxy groups -OCH3 is 1. The zero-order chi connectivity index (χ0) is 28.8. The molecule has 1 aliphatic heterocycles. The molecule has 218 valence electrons. The van der Waals surface area contributed by atoms with E-state index in [4.69, 9.17) is 18.9 Å². The van der Waals surface area contributed by atoms with Crippen LogP contribution in [0.15, 0.2) is 45.9 Å². The van der Waals surface area contributed by atoms with E-state index in [2.05, 4.69) is 25.2 Å². The predicted octanol–water partition coefficient (Wildman–Crippen LogP) is 4.02. The van der Waals surface area contributed by atoms with Gasteiger partial charge in [0.1, 0.15) is 11.1 Å². The number of hydrogen-bond acceptors (Lipinski definition) is 10. The lowest BCUT2D eigenvalue weighted by atomic mass is 9.97. The summed E-state index contributed by atoms with van der Waals surface area (Å²) in [7, 11) is -2.03. The highest BCUT2D eigenvalue weighted by atomic mass is 32.2. The minimum atomic E-state index is -3.61. The van der Waals surface area contributed by atoms with Crippen LogP contribution in [0.4, 0.5) is 22.2 Å². The number of nitrogens with one attached hydrogen (secondary N) is 3. The van der Waals surface area contributed by atoms with Crippen molar-refractivity contribution in [3.8, 4) is 0 Å². The van der Waals surface area contributed by atoms with Gasteiger partial charge in [-0.15, -0.1) is 0 Å². The van der Waals surface area contributed by atoms with Crippen molar-refractivity contribution in [2.24, 2.45) is 5.92 Å². The van der Waals surface area contributed by atoms with Gasteiger partial charge in [-0.2, -0.15) is 4.98 Å². The van der Waals surface area contributed by atoms with Gasteiger partial charge in [-0.1, -0.05) is 0 Å². The van der Waals surface area contributed by atoms with Gasteiger partial charge >= 0.3 is 6.09 Å². The van der Waals surface area contributed by atoms with E-state index in [0.29, 0.717) is 60.6 Å². The zero-order valence-corrected chi connectivity index (χ0v) is 24.2. The number of benzene rings is 1. The lowest BCUT2D eigenvalue weighted by molar-refractivity contribution is 0.0516. The molecular formula is C27H38N6O6S. The van der Waals surface area contributed by atoms with E-state index in [9.17, 15) is 13.2 Å². The maximum atomic E-state index is 12.5. The molecule has 0 unspecified atom stereocenters. The van der Waals surface area contributed by atoms with Crippen LogP contribution >= 0.6 is 0 Å². The molecule has 1 aliphatic rings. The maximum absolute atomic E-state index is 12.5. The summed E-state index contributed by atoms with van der Waals surface area (Å²) in [6.07, 6.45) is 3.53. The van der Waals surface area contributed by atoms with Crippen LogP contribution in [0.3, 0.4) is 0 Å². The summed E-state index contributed by atoms with van der Waals surface area (Å²) >= 11 is 0. The minimum Gasteiger partial charge on any atom is -0.459 e. The molecule has 0 spiro atoms. The molecule has 0 radical (unpaired) electrons. The molecule has 0 saturated carbocycles. The van der Waals surface area contributed by atoms with Gasteiger partial charge in [-0.05, 0) is 70.2 Å².